The van der Waals surface area contributed by atoms with E-state index in [4.69, 9.17) is 20.2 Å². The smallest absolute Gasteiger partial charge is 0.278 e. The van der Waals surface area contributed by atoms with E-state index < -0.39 is 9.05 Å². The molecule has 1 atom stereocenters. The molecule has 1 aliphatic rings. The van der Waals surface area contributed by atoms with Gasteiger partial charge in [-0.2, -0.15) is 0 Å². The number of amides is 1. The first-order valence-electron chi connectivity index (χ1n) is 8.65. The third-order valence-corrected chi connectivity index (χ3v) is 5.57. The summed E-state index contributed by atoms with van der Waals surface area (Å²) in [6, 6.07) is 2.95. The van der Waals surface area contributed by atoms with Crippen molar-refractivity contribution in [2.24, 2.45) is 7.05 Å². The molecule has 9 nitrogen and oxygen atoms in total. The molecule has 4 heterocycles. The van der Waals surface area contributed by atoms with Crippen molar-refractivity contribution >= 4 is 42.4 Å². The monoisotopic (exact) mass is 436 g/mol. The van der Waals surface area contributed by atoms with Crippen LogP contribution in [0.1, 0.15) is 13.8 Å². The number of halogens is 1. The molecular formula is C18H17ClN4O5S. The van der Waals surface area contributed by atoms with E-state index in [1.54, 1.807) is 25.4 Å². The first kappa shape index (κ1) is 19.5. The van der Waals surface area contributed by atoms with E-state index in [9.17, 15) is 13.2 Å². The highest BCUT2D eigenvalue weighted by atomic mass is 35.7. The lowest BCUT2D eigenvalue weighted by Gasteiger charge is -2.25. The van der Waals surface area contributed by atoms with Gasteiger partial charge >= 0.3 is 0 Å². The number of ether oxygens (including phenoxy) is 2. The lowest BCUT2D eigenvalue weighted by Crippen LogP contribution is -2.26. The molecule has 0 spiro atoms. The Morgan fingerprint density at radius 2 is 2.14 bits per heavy atom. The van der Waals surface area contributed by atoms with E-state index >= 15 is 0 Å². The van der Waals surface area contributed by atoms with Gasteiger partial charge in [0.15, 0.2) is 16.5 Å². The fourth-order valence-corrected chi connectivity index (χ4v) is 3.87. The Morgan fingerprint density at radius 1 is 1.38 bits per heavy atom. The van der Waals surface area contributed by atoms with Gasteiger partial charge in [0.2, 0.25) is 5.91 Å². The summed E-state index contributed by atoms with van der Waals surface area (Å²) in [5.41, 5.74) is 1.63. The number of fused-ring (bicyclic) bond motifs is 2. The number of nitrogens with zero attached hydrogens (tertiary/aromatic N) is 3. The zero-order valence-electron chi connectivity index (χ0n) is 15.8. The van der Waals surface area contributed by atoms with Crippen LogP contribution in [0.2, 0.25) is 0 Å². The van der Waals surface area contributed by atoms with Crippen LogP contribution in [-0.2, 0) is 20.9 Å². The molecule has 0 bridgehead atoms. The van der Waals surface area contributed by atoms with Crippen molar-refractivity contribution in [1.29, 1.82) is 0 Å². The maximum Gasteiger partial charge on any atom is 0.278 e. The van der Waals surface area contributed by atoms with Gasteiger partial charge in [-0.1, -0.05) is 0 Å². The highest BCUT2D eigenvalue weighted by Crippen LogP contribution is 2.44. The van der Waals surface area contributed by atoms with E-state index in [-0.39, 0.29) is 35.1 Å². The van der Waals surface area contributed by atoms with Crippen LogP contribution < -0.4 is 14.8 Å². The SMILES string of the molecule is CC(=O)Nc1cc2c(-c3nc(S(=O)(=O)Cl)cc4c3OCC(C)O4)cn(C)c2cn1. The van der Waals surface area contributed by atoms with Crippen LogP contribution in [-0.4, -0.2) is 41.6 Å². The predicted octanol–water partition coefficient (Wildman–Crippen LogP) is 2.68. The zero-order valence-corrected chi connectivity index (χ0v) is 17.3. The van der Waals surface area contributed by atoms with Crippen molar-refractivity contribution in [3.05, 3.63) is 24.5 Å². The van der Waals surface area contributed by atoms with Crippen LogP contribution in [0, 0.1) is 0 Å². The number of carbonyl (C=O) groups is 1. The minimum Gasteiger partial charge on any atom is -0.484 e. The number of anilines is 1. The molecule has 0 aliphatic carbocycles. The molecule has 29 heavy (non-hydrogen) atoms. The van der Waals surface area contributed by atoms with Crippen LogP contribution in [0.25, 0.3) is 22.2 Å². The molecule has 0 aromatic carbocycles. The maximum absolute atomic E-state index is 12.0. The second-order valence-corrected chi connectivity index (χ2v) is 9.25. The molecule has 1 N–H and O–H groups in total. The van der Waals surface area contributed by atoms with Crippen LogP contribution in [0.3, 0.4) is 0 Å². The first-order valence-corrected chi connectivity index (χ1v) is 11.0. The largest absolute Gasteiger partial charge is 0.484 e. The van der Waals surface area contributed by atoms with Gasteiger partial charge in [-0.25, -0.2) is 18.4 Å². The lowest BCUT2D eigenvalue weighted by molar-refractivity contribution is -0.114. The lowest BCUT2D eigenvalue weighted by atomic mass is 10.1. The second kappa shape index (κ2) is 6.89. The van der Waals surface area contributed by atoms with Gasteiger partial charge in [0.25, 0.3) is 9.05 Å². The number of hydrogen-bond acceptors (Lipinski definition) is 7. The third kappa shape index (κ3) is 3.60. The van der Waals surface area contributed by atoms with Gasteiger partial charge in [0.1, 0.15) is 24.2 Å². The fourth-order valence-electron chi connectivity index (χ4n) is 3.19. The van der Waals surface area contributed by atoms with E-state index in [1.807, 2.05) is 11.6 Å². The summed E-state index contributed by atoms with van der Waals surface area (Å²) >= 11 is 0. The molecule has 152 valence electrons. The van der Waals surface area contributed by atoms with Crippen molar-refractivity contribution in [3.8, 4) is 22.8 Å². The van der Waals surface area contributed by atoms with Crippen molar-refractivity contribution in [2.75, 3.05) is 11.9 Å². The summed E-state index contributed by atoms with van der Waals surface area (Å²) in [7, 11) is 3.27. The highest BCUT2D eigenvalue weighted by molar-refractivity contribution is 8.13. The van der Waals surface area contributed by atoms with E-state index in [0.29, 0.717) is 22.5 Å². The number of hydrogen-bond donors (Lipinski definition) is 1. The quantitative estimate of drug-likeness (QED) is 0.628. The Morgan fingerprint density at radius 3 is 2.83 bits per heavy atom. The van der Waals surface area contributed by atoms with Gasteiger partial charge in [0.05, 0.1) is 11.7 Å². The predicted molar refractivity (Wildman–Crippen MR) is 107 cm³/mol. The van der Waals surface area contributed by atoms with Crippen molar-refractivity contribution < 1.29 is 22.7 Å². The van der Waals surface area contributed by atoms with E-state index in [2.05, 4.69) is 15.3 Å². The summed E-state index contributed by atoms with van der Waals surface area (Å²) in [5, 5.41) is 3.00. The van der Waals surface area contributed by atoms with E-state index in [0.717, 1.165) is 5.52 Å². The number of rotatable bonds is 3. The van der Waals surface area contributed by atoms with Gasteiger partial charge in [-0.05, 0) is 13.0 Å². The standard InChI is InChI=1S/C18H17ClN4O5S/c1-9-8-27-18-14(28-9)5-16(29(19,25)26)22-17(18)12-7-23(3)13-6-20-15(4-11(12)13)21-10(2)24/h4-7,9H,8H2,1-3H3,(H,20,21,24). The van der Waals surface area contributed by atoms with Gasteiger partial charge in [-0.15, -0.1) is 0 Å². The molecular weight excluding hydrogens is 420 g/mol. The van der Waals surface area contributed by atoms with Crippen LogP contribution >= 0.6 is 10.7 Å². The normalized spacial score (nSPS) is 16.1. The minimum atomic E-state index is -4.11. The molecule has 1 amide bonds. The molecule has 0 fully saturated rings. The number of aryl methyl sites for hydroxylation is 1. The van der Waals surface area contributed by atoms with Crippen LogP contribution in [0.5, 0.6) is 11.5 Å². The number of aromatic nitrogens is 3. The first-order chi connectivity index (χ1) is 13.6. The van der Waals surface area contributed by atoms with E-state index in [1.165, 1.54) is 13.0 Å². The molecule has 1 aliphatic heterocycles. The van der Waals surface area contributed by atoms with Crippen molar-refractivity contribution in [1.82, 2.24) is 14.5 Å². The molecule has 0 saturated carbocycles. The summed E-state index contributed by atoms with van der Waals surface area (Å²) in [6.45, 7) is 3.48. The fraction of sp³-hybridized carbons (Fsp3) is 0.278. The van der Waals surface area contributed by atoms with Gasteiger partial charge < -0.3 is 19.4 Å². The molecule has 1 unspecified atom stereocenters. The molecule has 3 aromatic heterocycles. The average Bonchev–Trinajstić information content (AvgIpc) is 2.95. The summed E-state index contributed by atoms with van der Waals surface area (Å²) < 4.78 is 37.3. The van der Waals surface area contributed by atoms with Crippen molar-refractivity contribution in [3.63, 3.8) is 0 Å². The second-order valence-electron chi connectivity index (χ2n) is 6.74. The molecule has 4 rings (SSSR count). The molecule has 0 saturated heterocycles. The summed E-state index contributed by atoms with van der Waals surface area (Å²) in [4.78, 5) is 19.9. The Bertz CT molecular complexity index is 1250. The average molecular weight is 437 g/mol. The van der Waals surface area contributed by atoms with Gasteiger partial charge in [0, 0.05) is 47.9 Å². The molecule has 11 heteroatoms. The Labute approximate surface area is 171 Å². The van der Waals surface area contributed by atoms with Crippen molar-refractivity contribution in [2.45, 2.75) is 25.0 Å². The van der Waals surface area contributed by atoms with Gasteiger partial charge in [-0.3, -0.25) is 4.79 Å². The maximum atomic E-state index is 12.0. The summed E-state index contributed by atoms with van der Waals surface area (Å²) in [5.74, 6) is 0.683. The summed E-state index contributed by atoms with van der Waals surface area (Å²) in [6.07, 6.45) is 3.13. The molecule has 3 aromatic rings. The topological polar surface area (TPSA) is 112 Å². The third-order valence-electron chi connectivity index (χ3n) is 4.39. The highest BCUT2D eigenvalue weighted by Gasteiger charge is 2.28. The number of pyridine rings is 2. The Kier molecular flexibility index (Phi) is 4.62. The Balaban J connectivity index is 2.00. The Hall–Kier alpha value is -2.85. The number of nitrogens with one attached hydrogen (secondary N) is 1. The minimum absolute atomic E-state index is 0.251. The van der Waals surface area contributed by atoms with Crippen LogP contribution in [0.4, 0.5) is 5.82 Å². The zero-order chi connectivity index (χ0) is 20.9. The van der Waals surface area contributed by atoms with Crippen LogP contribution in [0.15, 0.2) is 29.6 Å². The number of carbonyl (C=O) groups excluding carboxylic acids is 1. The molecule has 0 radical (unpaired) electrons.